The van der Waals surface area contributed by atoms with Gasteiger partial charge in [0, 0.05) is 41.6 Å². The van der Waals surface area contributed by atoms with Gasteiger partial charge in [0.15, 0.2) is 5.82 Å². The zero-order valence-electron chi connectivity index (χ0n) is 13.2. The first-order valence-electron chi connectivity index (χ1n) is 7.62. The average molecular weight is 306 g/mol. The molecule has 0 aromatic carbocycles. The topological polar surface area (TPSA) is 69.7 Å². The fourth-order valence-corrected chi connectivity index (χ4v) is 2.89. The molecule has 116 valence electrons. The number of H-pyrrole nitrogens is 1. The lowest BCUT2D eigenvalue weighted by atomic mass is 10.1. The number of fused-ring (bicyclic) bond motifs is 5. The number of hydrogen-bond donors (Lipinski definition) is 2. The minimum atomic E-state index is 0.828. The maximum Gasteiger partial charge on any atom is 0.151 e. The molecule has 23 heavy (non-hydrogen) atoms. The first kappa shape index (κ1) is 13.9. The maximum absolute atomic E-state index is 4.75. The van der Waals surface area contributed by atoms with Crippen LogP contribution >= 0.6 is 0 Å². The highest BCUT2D eigenvalue weighted by Crippen LogP contribution is 2.34. The summed E-state index contributed by atoms with van der Waals surface area (Å²) in [5.74, 6) is 0.860. The fraction of sp³-hybridized carbons (Fsp3) is 0.235. The summed E-state index contributed by atoms with van der Waals surface area (Å²) < 4.78 is 0. The molecular weight excluding hydrogens is 288 g/mol. The van der Waals surface area contributed by atoms with Gasteiger partial charge in [-0.1, -0.05) is 0 Å². The minimum absolute atomic E-state index is 0.828. The van der Waals surface area contributed by atoms with E-state index >= 15 is 0 Å². The van der Waals surface area contributed by atoms with Gasteiger partial charge < -0.3 is 15.2 Å². The van der Waals surface area contributed by atoms with Crippen LogP contribution < -0.4 is 5.32 Å². The van der Waals surface area contributed by atoms with Crippen molar-refractivity contribution >= 4 is 38.5 Å². The summed E-state index contributed by atoms with van der Waals surface area (Å²) in [6, 6.07) is 4.06. The van der Waals surface area contributed by atoms with Gasteiger partial charge in [-0.25, -0.2) is 4.98 Å². The smallest absolute Gasteiger partial charge is 0.151 e. The summed E-state index contributed by atoms with van der Waals surface area (Å²) >= 11 is 0. The Bertz CT molecular complexity index is 988. The molecule has 2 N–H and O–H groups in total. The zero-order valence-corrected chi connectivity index (χ0v) is 13.2. The summed E-state index contributed by atoms with van der Waals surface area (Å²) in [6.45, 7) is 1.77. The Morgan fingerprint density at radius 2 is 1.87 bits per heavy atom. The number of nitrogens with one attached hydrogen (secondary N) is 2. The summed E-state index contributed by atoms with van der Waals surface area (Å²) in [6.07, 6.45) is 7.29. The number of hydrogen-bond acceptors (Lipinski definition) is 5. The largest absolute Gasteiger partial charge is 0.367 e. The predicted octanol–water partition coefficient (Wildman–Crippen LogP) is 2.63. The van der Waals surface area contributed by atoms with E-state index in [1.165, 1.54) is 5.39 Å². The normalized spacial score (nSPS) is 11.8. The van der Waals surface area contributed by atoms with Crippen molar-refractivity contribution in [3.63, 3.8) is 0 Å². The molecule has 0 fully saturated rings. The Hall–Kier alpha value is -2.73. The van der Waals surface area contributed by atoms with E-state index in [1.807, 2.05) is 36.9 Å². The molecule has 6 nitrogen and oxygen atoms in total. The zero-order chi connectivity index (χ0) is 15.8. The third kappa shape index (κ3) is 2.37. The highest BCUT2D eigenvalue weighted by atomic mass is 15.1. The van der Waals surface area contributed by atoms with Gasteiger partial charge in [-0.3, -0.25) is 9.97 Å². The number of aromatic nitrogens is 4. The van der Waals surface area contributed by atoms with Gasteiger partial charge in [-0.2, -0.15) is 0 Å². The molecule has 0 saturated carbocycles. The Morgan fingerprint density at radius 1 is 1.09 bits per heavy atom. The van der Waals surface area contributed by atoms with Crippen molar-refractivity contribution in [2.75, 3.05) is 32.5 Å². The standard InChI is InChI=1S/C17H18N6/c1-23(2)8-7-20-17-16-15(11-3-5-18-9-13(11)21-16)12-4-6-19-10-14(12)22-17/h3-6,9-10,21H,7-8H2,1-2H3,(H,20,22). The number of pyridine rings is 3. The molecule has 0 bridgehead atoms. The molecule has 0 saturated heterocycles. The SMILES string of the molecule is CN(C)CCNc1nc2cnccc2c2c1[nH]c1cnccc12. The molecule has 0 spiro atoms. The molecular formula is C17H18N6. The minimum Gasteiger partial charge on any atom is -0.367 e. The summed E-state index contributed by atoms with van der Waals surface area (Å²) in [5.41, 5.74) is 2.93. The van der Waals surface area contributed by atoms with Gasteiger partial charge in [0.1, 0.15) is 0 Å². The van der Waals surface area contributed by atoms with E-state index in [4.69, 9.17) is 4.98 Å². The van der Waals surface area contributed by atoms with Crippen molar-refractivity contribution in [1.29, 1.82) is 0 Å². The molecule has 0 radical (unpaired) electrons. The lowest BCUT2D eigenvalue weighted by Gasteiger charge is -2.12. The predicted molar refractivity (Wildman–Crippen MR) is 93.7 cm³/mol. The molecule has 4 aromatic rings. The Kier molecular flexibility index (Phi) is 3.31. The number of aromatic amines is 1. The van der Waals surface area contributed by atoms with Crippen LogP contribution in [0.1, 0.15) is 0 Å². The Balaban J connectivity index is 1.97. The Morgan fingerprint density at radius 3 is 2.70 bits per heavy atom. The summed E-state index contributed by atoms with van der Waals surface area (Å²) in [7, 11) is 4.12. The van der Waals surface area contributed by atoms with Crippen LogP contribution in [0.25, 0.3) is 32.7 Å². The van der Waals surface area contributed by atoms with Gasteiger partial charge in [0.25, 0.3) is 0 Å². The van der Waals surface area contributed by atoms with Crippen molar-refractivity contribution in [3.05, 3.63) is 36.9 Å². The monoisotopic (exact) mass is 306 g/mol. The van der Waals surface area contributed by atoms with Crippen molar-refractivity contribution in [3.8, 4) is 0 Å². The van der Waals surface area contributed by atoms with Crippen LogP contribution in [0.5, 0.6) is 0 Å². The highest BCUT2D eigenvalue weighted by Gasteiger charge is 2.13. The lowest BCUT2D eigenvalue weighted by Crippen LogP contribution is -2.21. The number of likely N-dealkylation sites (N-methyl/N-ethyl adjacent to an activating group) is 1. The Labute approximate surface area is 133 Å². The van der Waals surface area contributed by atoms with Crippen LogP contribution in [0.4, 0.5) is 5.82 Å². The van der Waals surface area contributed by atoms with E-state index in [1.54, 1.807) is 0 Å². The van der Waals surface area contributed by atoms with Crippen LogP contribution in [0.2, 0.25) is 0 Å². The van der Waals surface area contributed by atoms with E-state index in [0.717, 1.165) is 46.2 Å². The molecule has 0 aliphatic rings. The maximum atomic E-state index is 4.75. The number of nitrogens with zero attached hydrogens (tertiary/aromatic N) is 4. The lowest BCUT2D eigenvalue weighted by molar-refractivity contribution is 0.425. The second kappa shape index (κ2) is 5.48. The molecule has 4 rings (SSSR count). The molecule has 0 unspecified atom stereocenters. The van der Waals surface area contributed by atoms with Crippen molar-refractivity contribution in [2.24, 2.45) is 0 Å². The van der Waals surface area contributed by atoms with Crippen LogP contribution in [0.15, 0.2) is 36.9 Å². The highest BCUT2D eigenvalue weighted by molar-refractivity contribution is 6.21. The van der Waals surface area contributed by atoms with E-state index < -0.39 is 0 Å². The third-order valence-corrected chi connectivity index (χ3v) is 3.99. The van der Waals surface area contributed by atoms with Gasteiger partial charge in [-0.05, 0) is 26.2 Å². The van der Waals surface area contributed by atoms with Crippen LogP contribution in [-0.4, -0.2) is 52.0 Å². The van der Waals surface area contributed by atoms with Crippen LogP contribution in [0, 0.1) is 0 Å². The van der Waals surface area contributed by atoms with Crippen molar-refractivity contribution in [1.82, 2.24) is 24.8 Å². The second-order valence-corrected chi connectivity index (χ2v) is 5.88. The second-order valence-electron chi connectivity index (χ2n) is 5.88. The number of anilines is 1. The van der Waals surface area contributed by atoms with E-state index in [2.05, 4.69) is 39.3 Å². The van der Waals surface area contributed by atoms with Crippen molar-refractivity contribution in [2.45, 2.75) is 0 Å². The van der Waals surface area contributed by atoms with E-state index in [9.17, 15) is 0 Å². The molecule has 4 heterocycles. The average Bonchev–Trinajstić information content (AvgIpc) is 2.94. The van der Waals surface area contributed by atoms with Crippen LogP contribution in [0.3, 0.4) is 0 Å². The van der Waals surface area contributed by atoms with Gasteiger partial charge in [-0.15, -0.1) is 0 Å². The fourth-order valence-electron chi connectivity index (χ4n) is 2.89. The quantitative estimate of drug-likeness (QED) is 0.606. The van der Waals surface area contributed by atoms with E-state index in [0.29, 0.717) is 0 Å². The summed E-state index contributed by atoms with van der Waals surface area (Å²) in [4.78, 5) is 18.8. The van der Waals surface area contributed by atoms with E-state index in [-0.39, 0.29) is 0 Å². The van der Waals surface area contributed by atoms with Gasteiger partial charge in [0.2, 0.25) is 0 Å². The number of rotatable bonds is 4. The molecule has 0 aliphatic heterocycles. The molecule has 0 atom stereocenters. The van der Waals surface area contributed by atoms with Crippen LogP contribution in [-0.2, 0) is 0 Å². The third-order valence-electron chi connectivity index (χ3n) is 3.99. The summed E-state index contributed by atoms with van der Waals surface area (Å²) in [5, 5.41) is 6.87. The van der Waals surface area contributed by atoms with Crippen molar-refractivity contribution < 1.29 is 0 Å². The van der Waals surface area contributed by atoms with Gasteiger partial charge >= 0.3 is 0 Å². The first-order chi connectivity index (χ1) is 11.2. The molecule has 0 amide bonds. The first-order valence-corrected chi connectivity index (χ1v) is 7.62. The molecule has 0 aliphatic carbocycles. The molecule has 6 heteroatoms. The molecule has 4 aromatic heterocycles. The van der Waals surface area contributed by atoms with Gasteiger partial charge in [0.05, 0.1) is 28.9 Å².